The van der Waals surface area contributed by atoms with Crippen molar-refractivity contribution >= 4 is 40.5 Å². The van der Waals surface area contributed by atoms with E-state index >= 15 is 4.39 Å². The number of halogens is 1. The van der Waals surface area contributed by atoms with Crippen LogP contribution in [0.25, 0.3) is 10.9 Å². The number of piperidine rings is 1. The van der Waals surface area contributed by atoms with E-state index in [1.165, 1.54) is 6.20 Å². The maximum absolute atomic E-state index is 15.5. The van der Waals surface area contributed by atoms with Crippen LogP contribution < -0.4 is 50.3 Å². The summed E-state index contributed by atoms with van der Waals surface area (Å²) in [5, 5.41) is 25.7. The number of hydrogen-bond acceptors (Lipinski definition) is 10. The minimum atomic E-state index is -1.61. The number of carboxylic acid groups (broad SMARTS) is 1. The molecule has 4 aliphatic carbocycles. The van der Waals surface area contributed by atoms with Crippen LogP contribution in [0.2, 0.25) is 0 Å². The molecule has 5 fully saturated rings. The number of fused-ring (bicyclic) bond motifs is 1. The predicted molar refractivity (Wildman–Crippen MR) is 195 cm³/mol. The molecule has 0 spiro atoms. The summed E-state index contributed by atoms with van der Waals surface area (Å²) in [6.45, 7) is 12.7. The number of imide groups is 1. The van der Waals surface area contributed by atoms with E-state index in [1.54, 1.807) is 21.6 Å². The Morgan fingerprint density at radius 2 is 1.73 bits per heavy atom. The van der Waals surface area contributed by atoms with Gasteiger partial charge in [0.1, 0.15) is 23.8 Å². The Hall–Kier alpha value is -3.26. The quantitative estimate of drug-likeness (QED) is 0.316. The molecule has 1 saturated heterocycles. The second-order valence-electron chi connectivity index (χ2n) is 17.3. The first kappa shape index (κ1) is 41.4. The van der Waals surface area contributed by atoms with Crippen LogP contribution in [0.5, 0.6) is 0 Å². The van der Waals surface area contributed by atoms with E-state index in [4.69, 9.17) is 9.47 Å². The largest absolute Gasteiger partial charge is 1.00 e. The Bertz CT molecular complexity index is 1960. The second-order valence-corrected chi connectivity index (χ2v) is 17.3. The number of aromatic carboxylic acids is 1. The SMILES string of the molecule is C=CC[C@]1(C)C[C@@H](OC(=O)NC(=O)OC2CCN(c3cc4c(cc3F)c(=O)c(C(=O)[O-])cn4C3CC3)CC2)[C@@]2(C)C3C(=O)CCC3(CC[C@H]2C)[C@@H](C)[C@@H]1O.[Na+]. The molecule has 12 nitrogen and oxygen atoms in total. The number of aliphatic hydroxyl groups excluding tert-OH is 1. The molecular formula is C41H51FN3NaO9. The number of pyridine rings is 1. The van der Waals surface area contributed by atoms with E-state index < -0.39 is 75.4 Å². The van der Waals surface area contributed by atoms with Crippen LogP contribution in [-0.2, 0) is 14.3 Å². The minimum absolute atomic E-state index is 0. The molecule has 55 heavy (non-hydrogen) atoms. The first-order valence-corrected chi connectivity index (χ1v) is 19.4. The zero-order chi connectivity index (χ0) is 38.9. The zero-order valence-electron chi connectivity index (χ0n) is 32.5. The Morgan fingerprint density at radius 3 is 2.36 bits per heavy atom. The van der Waals surface area contributed by atoms with Gasteiger partial charge < -0.3 is 33.9 Å². The van der Waals surface area contributed by atoms with E-state index in [-0.39, 0.29) is 70.7 Å². The van der Waals surface area contributed by atoms with Gasteiger partial charge in [-0.2, -0.15) is 0 Å². The molecule has 8 atom stereocenters. The molecule has 2 aromatic rings. The van der Waals surface area contributed by atoms with Crippen molar-refractivity contribution in [1.29, 1.82) is 0 Å². The molecule has 2 bridgehead atoms. The summed E-state index contributed by atoms with van der Waals surface area (Å²) in [5.41, 5.74) is -2.44. The number of carboxylic acids is 1. The number of rotatable bonds is 7. The molecule has 14 heteroatoms. The van der Waals surface area contributed by atoms with Crippen LogP contribution in [-0.4, -0.2) is 65.0 Å². The van der Waals surface area contributed by atoms with Crippen molar-refractivity contribution in [2.45, 2.75) is 116 Å². The van der Waals surface area contributed by atoms with Crippen LogP contribution in [0.15, 0.2) is 35.8 Å². The third-order valence-corrected chi connectivity index (χ3v) is 14.3. The predicted octanol–water partition coefficient (Wildman–Crippen LogP) is 2.43. The van der Waals surface area contributed by atoms with E-state index in [9.17, 15) is 34.2 Å². The topological polar surface area (TPSA) is 167 Å². The summed E-state index contributed by atoms with van der Waals surface area (Å²) >= 11 is 0. The Morgan fingerprint density at radius 1 is 1.05 bits per heavy atom. The summed E-state index contributed by atoms with van der Waals surface area (Å²) in [4.78, 5) is 66.5. The molecule has 1 aromatic heterocycles. The summed E-state index contributed by atoms with van der Waals surface area (Å²) in [5.74, 6) is -2.64. The van der Waals surface area contributed by atoms with E-state index in [0.717, 1.165) is 31.7 Å². The van der Waals surface area contributed by atoms with Crippen LogP contribution in [0.1, 0.15) is 108 Å². The molecule has 2 heterocycles. The van der Waals surface area contributed by atoms with Crippen molar-refractivity contribution < 1.29 is 72.8 Å². The number of hydrogen-bond donors (Lipinski definition) is 2. The fourth-order valence-electron chi connectivity index (χ4n) is 10.9. The standard InChI is InChI=1S/C41H52FN3O9.Na/c1-6-13-39(4)20-32(40(5)22(2)9-14-41(23(3)35(39)48)15-10-31(46)34(40)41)54-38(52)43-37(51)53-25-11-16-44(17-12-25)30-19-29-26(18-28(30)42)33(47)27(36(49)50)21-45(29)24-7-8-24;/h6,18-19,21-25,32,34-35,48H,1,7-17,20H2,2-5H3,(H,49,50)(H,43,51,52);/q;+1/p-1/t22-,23+,32-,34?,35+,39-,40+,41?;/m1./s1. The van der Waals surface area contributed by atoms with E-state index in [2.05, 4.69) is 25.7 Å². The van der Waals surface area contributed by atoms with Gasteiger partial charge in [-0.1, -0.05) is 33.8 Å². The molecule has 2 N–H and O–H groups in total. The van der Waals surface area contributed by atoms with Gasteiger partial charge in [0.2, 0.25) is 0 Å². The van der Waals surface area contributed by atoms with Gasteiger partial charge in [-0.15, -0.1) is 6.58 Å². The van der Waals surface area contributed by atoms with Crippen molar-refractivity contribution in [1.82, 2.24) is 9.88 Å². The van der Waals surface area contributed by atoms with Crippen LogP contribution in [0.4, 0.5) is 19.7 Å². The average molecular weight is 772 g/mol. The number of alkyl carbamates (subject to hydrolysis) is 2. The third-order valence-electron chi connectivity index (χ3n) is 14.3. The molecule has 5 aliphatic rings. The van der Waals surface area contributed by atoms with Crippen molar-refractivity contribution in [2.24, 2.45) is 34.0 Å². The van der Waals surface area contributed by atoms with Crippen molar-refractivity contribution in [2.75, 3.05) is 18.0 Å². The number of nitrogens with zero attached hydrogens (tertiary/aromatic N) is 2. The minimum Gasteiger partial charge on any atom is -0.545 e. The number of ether oxygens (including phenoxy) is 2. The van der Waals surface area contributed by atoms with Gasteiger partial charge in [0.05, 0.1) is 28.8 Å². The molecule has 2 unspecified atom stereocenters. The molecule has 7 rings (SSSR count). The maximum atomic E-state index is 15.5. The molecule has 2 amide bonds. The van der Waals surface area contributed by atoms with Crippen molar-refractivity contribution in [3.63, 3.8) is 0 Å². The summed E-state index contributed by atoms with van der Waals surface area (Å²) in [6.07, 6.45) is 4.77. The molecule has 1 aliphatic heterocycles. The number of carbonyl (C=O) groups excluding carboxylic acids is 4. The summed E-state index contributed by atoms with van der Waals surface area (Å²) in [7, 11) is 0. The fraction of sp³-hybridized carbons (Fsp3) is 0.634. The van der Waals surface area contributed by atoms with Gasteiger partial charge in [-0.25, -0.2) is 19.3 Å². The number of aromatic nitrogens is 1. The molecule has 1 aromatic carbocycles. The number of allylic oxidation sites excluding steroid dienone is 1. The van der Waals surface area contributed by atoms with E-state index in [1.807, 2.05) is 13.8 Å². The maximum Gasteiger partial charge on any atom is 1.00 e. The van der Waals surface area contributed by atoms with Gasteiger partial charge in [0, 0.05) is 66.7 Å². The molecule has 4 saturated carbocycles. The number of anilines is 1. The number of amides is 2. The second kappa shape index (κ2) is 15.2. The number of nitrogens with one attached hydrogen (secondary N) is 1. The zero-order valence-corrected chi connectivity index (χ0v) is 34.5. The number of ketones is 1. The summed E-state index contributed by atoms with van der Waals surface area (Å²) in [6, 6.07) is 2.66. The van der Waals surface area contributed by atoms with Gasteiger partial charge >= 0.3 is 41.7 Å². The number of Topliss-reactive ketones (excluding diaryl/α,β-unsaturated/α-hetero) is 1. The average Bonchev–Trinajstić information content (AvgIpc) is 3.91. The number of aliphatic hydroxyl groups is 1. The van der Waals surface area contributed by atoms with Gasteiger partial charge in [0.25, 0.3) is 0 Å². The van der Waals surface area contributed by atoms with Crippen LogP contribution in [0, 0.1) is 39.8 Å². The molecule has 0 radical (unpaired) electrons. The van der Waals surface area contributed by atoms with Crippen LogP contribution in [0.3, 0.4) is 0 Å². The van der Waals surface area contributed by atoms with Gasteiger partial charge in [0.15, 0.2) is 5.43 Å². The third kappa shape index (κ3) is 7.05. The van der Waals surface area contributed by atoms with E-state index in [0.29, 0.717) is 50.7 Å². The summed E-state index contributed by atoms with van der Waals surface area (Å²) < 4.78 is 29.0. The molecular weight excluding hydrogens is 720 g/mol. The monoisotopic (exact) mass is 771 g/mol. The Balaban J connectivity index is 0.00000514. The smallest absolute Gasteiger partial charge is 0.545 e. The van der Waals surface area contributed by atoms with Gasteiger partial charge in [-0.05, 0) is 74.3 Å². The van der Waals surface area contributed by atoms with Gasteiger partial charge in [-0.3, -0.25) is 9.59 Å². The first-order valence-electron chi connectivity index (χ1n) is 19.4. The number of carbonyl (C=O) groups is 4. The Labute approximate surface area is 342 Å². The van der Waals surface area contributed by atoms with Crippen molar-refractivity contribution in [3.8, 4) is 0 Å². The number of benzene rings is 1. The van der Waals surface area contributed by atoms with Crippen LogP contribution >= 0.6 is 0 Å². The van der Waals surface area contributed by atoms with Crippen molar-refractivity contribution in [3.05, 3.63) is 52.6 Å². The first-order chi connectivity index (χ1) is 25.5. The fourth-order valence-corrected chi connectivity index (χ4v) is 10.9. The normalized spacial score (nSPS) is 33.5. The Kier molecular flexibility index (Phi) is 11.5. The molecule has 292 valence electrons.